The molecule has 3 amide bonds. The summed E-state index contributed by atoms with van der Waals surface area (Å²) in [7, 11) is 1.62. The van der Waals surface area contributed by atoms with Crippen LogP contribution in [0.25, 0.3) is 0 Å². The van der Waals surface area contributed by atoms with Crippen LogP contribution in [-0.2, 0) is 22.6 Å². The van der Waals surface area contributed by atoms with E-state index in [4.69, 9.17) is 27.9 Å². The van der Waals surface area contributed by atoms with Crippen LogP contribution < -0.4 is 20.3 Å². The first-order valence-electron chi connectivity index (χ1n) is 12.2. The normalized spacial score (nSPS) is 16.9. The fourth-order valence-corrected chi connectivity index (χ4v) is 4.65. The lowest BCUT2D eigenvalue weighted by molar-refractivity contribution is -0.121. The summed E-state index contributed by atoms with van der Waals surface area (Å²) in [6.07, 6.45) is 4.40. The highest BCUT2D eigenvalue weighted by atomic mass is 35.5. The standard InChI is InChI=1S/C26H26Cl2N6O4/c1-33-21-11-15(6-10-23(35)30-16-7-8-16)5-9-22(21)38-13-20(26(33)37)31-25(36)24-29-14-34(32-24)12-17-18(27)3-2-4-19(17)28/h2-5,9,11,14,16,20H,6-8,10,12-13H2,1H3,(H,30,35)(H,31,36). The number of aryl methyl sites for hydroxylation is 1. The number of anilines is 1. The summed E-state index contributed by atoms with van der Waals surface area (Å²) in [6, 6.07) is 10.0. The molecule has 1 saturated carbocycles. The van der Waals surface area contributed by atoms with E-state index >= 15 is 0 Å². The van der Waals surface area contributed by atoms with Crippen molar-refractivity contribution in [3.05, 3.63) is 69.7 Å². The maximum Gasteiger partial charge on any atom is 0.291 e. The molecule has 198 valence electrons. The van der Waals surface area contributed by atoms with E-state index < -0.39 is 11.9 Å². The predicted molar refractivity (Wildman–Crippen MR) is 142 cm³/mol. The minimum atomic E-state index is -0.947. The first kappa shape index (κ1) is 26.0. The zero-order valence-corrected chi connectivity index (χ0v) is 22.1. The van der Waals surface area contributed by atoms with Gasteiger partial charge in [0.15, 0.2) is 0 Å². The van der Waals surface area contributed by atoms with Gasteiger partial charge in [-0.1, -0.05) is 35.3 Å². The van der Waals surface area contributed by atoms with E-state index in [1.54, 1.807) is 31.3 Å². The van der Waals surface area contributed by atoms with Gasteiger partial charge in [-0.2, -0.15) is 0 Å². The largest absolute Gasteiger partial charge is 0.489 e. The average molecular weight is 557 g/mol. The number of nitrogens with zero attached hydrogens (tertiary/aromatic N) is 4. The molecule has 0 radical (unpaired) electrons. The van der Waals surface area contributed by atoms with Crippen molar-refractivity contribution < 1.29 is 19.1 Å². The third-order valence-electron chi connectivity index (χ3n) is 6.43. The highest BCUT2D eigenvalue weighted by Gasteiger charge is 2.32. The molecule has 2 aliphatic rings. The van der Waals surface area contributed by atoms with E-state index in [1.807, 2.05) is 12.1 Å². The Morgan fingerprint density at radius 2 is 1.89 bits per heavy atom. The molecule has 1 aliphatic carbocycles. The molecule has 0 bridgehead atoms. The van der Waals surface area contributed by atoms with Gasteiger partial charge in [-0.05, 0) is 49.1 Å². The lowest BCUT2D eigenvalue weighted by atomic mass is 10.1. The van der Waals surface area contributed by atoms with E-state index in [-0.39, 0.29) is 30.8 Å². The summed E-state index contributed by atoms with van der Waals surface area (Å²) in [5, 5.41) is 10.8. The van der Waals surface area contributed by atoms with Gasteiger partial charge < -0.3 is 20.3 Å². The second-order valence-electron chi connectivity index (χ2n) is 9.34. The van der Waals surface area contributed by atoms with Crippen LogP contribution in [-0.4, -0.2) is 58.2 Å². The number of benzene rings is 2. The zero-order valence-electron chi connectivity index (χ0n) is 20.6. The van der Waals surface area contributed by atoms with Gasteiger partial charge in [0.05, 0.1) is 12.2 Å². The number of carbonyl (C=O) groups excluding carboxylic acids is 3. The van der Waals surface area contributed by atoms with E-state index in [2.05, 4.69) is 20.7 Å². The first-order valence-corrected chi connectivity index (χ1v) is 13.0. The van der Waals surface area contributed by atoms with E-state index in [9.17, 15) is 14.4 Å². The number of ether oxygens (including phenoxy) is 1. The average Bonchev–Trinajstić information content (AvgIpc) is 3.61. The second kappa shape index (κ2) is 11.0. The molecule has 2 N–H and O–H groups in total. The molecule has 1 aromatic heterocycles. The van der Waals surface area contributed by atoms with Crippen molar-refractivity contribution in [1.82, 2.24) is 25.4 Å². The third-order valence-corrected chi connectivity index (χ3v) is 7.14. The van der Waals surface area contributed by atoms with Crippen LogP contribution in [0.3, 0.4) is 0 Å². The molecule has 1 unspecified atom stereocenters. The van der Waals surface area contributed by atoms with Gasteiger partial charge >= 0.3 is 0 Å². The van der Waals surface area contributed by atoms with E-state index in [0.717, 1.165) is 18.4 Å². The Labute approximate surface area is 229 Å². The third kappa shape index (κ3) is 5.92. The number of likely N-dealkylation sites (N-methyl/N-ethyl adjacent to an activating group) is 1. The van der Waals surface area contributed by atoms with Crippen molar-refractivity contribution in [3.8, 4) is 5.75 Å². The maximum atomic E-state index is 13.2. The Morgan fingerprint density at radius 3 is 2.63 bits per heavy atom. The summed E-state index contributed by atoms with van der Waals surface area (Å²) in [6.45, 7) is 0.174. The molecule has 3 aromatic rings. The minimum Gasteiger partial charge on any atom is -0.489 e. The van der Waals surface area contributed by atoms with Gasteiger partial charge in [-0.25, -0.2) is 9.67 Å². The topological polar surface area (TPSA) is 118 Å². The van der Waals surface area contributed by atoms with E-state index in [1.165, 1.54) is 15.9 Å². The lowest BCUT2D eigenvalue weighted by Crippen LogP contribution is -2.49. The Kier molecular flexibility index (Phi) is 7.53. The van der Waals surface area contributed by atoms with Gasteiger partial charge in [0.25, 0.3) is 11.8 Å². The van der Waals surface area contributed by atoms with Gasteiger partial charge in [0, 0.05) is 35.1 Å². The molecule has 0 spiro atoms. The number of nitrogens with one attached hydrogen (secondary N) is 2. The highest BCUT2D eigenvalue weighted by Crippen LogP contribution is 2.32. The predicted octanol–water partition coefficient (Wildman–Crippen LogP) is 3.00. The number of amides is 3. The molecular weight excluding hydrogens is 531 g/mol. The van der Waals surface area contributed by atoms with Crippen LogP contribution in [0, 0.1) is 0 Å². The summed E-state index contributed by atoms with van der Waals surface area (Å²) in [5.41, 5.74) is 2.14. The Morgan fingerprint density at radius 1 is 1.13 bits per heavy atom. The van der Waals surface area contributed by atoms with Crippen molar-refractivity contribution >= 4 is 46.6 Å². The van der Waals surface area contributed by atoms with Gasteiger partial charge in [0.2, 0.25) is 11.7 Å². The van der Waals surface area contributed by atoms with Crippen LogP contribution in [0.2, 0.25) is 10.0 Å². The summed E-state index contributed by atoms with van der Waals surface area (Å²) in [5.74, 6) is -0.516. The molecule has 12 heteroatoms. The number of carbonyl (C=O) groups is 3. The Balaban J connectivity index is 1.22. The molecule has 1 aliphatic heterocycles. The van der Waals surface area contributed by atoms with Crippen molar-refractivity contribution in [2.24, 2.45) is 0 Å². The van der Waals surface area contributed by atoms with Crippen molar-refractivity contribution in [2.75, 3.05) is 18.6 Å². The first-order chi connectivity index (χ1) is 18.3. The maximum absolute atomic E-state index is 13.2. The number of fused-ring (bicyclic) bond motifs is 1. The molecule has 1 atom stereocenters. The summed E-state index contributed by atoms with van der Waals surface area (Å²) < 4.78 is 7.31. The second-order valence-corrected chi connectivity index (χ2v) is 10.2. The number of hydrogen-bond acceptors (Lipinski definition) is 6. The van der Waals surface area contributed by atoms with Crippen LogP contribution in [0.5, 0.6) is 5.75 Å². The fraction of sp³-hybridized carbons (Fsp3) is 0.346. The molecule has 10 nitrogen and oxygen atoms in total. The molecule has 38 heavy (non-hydrogen) atoms. The summed E-state index contributed by atoms with van der Waals surface area (Å²) in [4.78, 5) is 43.6. The van der Waals surface area contributed by atoms with Crippen LogP contribution >= 0.6 is 23.2 Å². The molecular formula is C26H26Cl2N6O4. The van der Waals surface area contributed by atoms with E-state index in [0.29, 0.717) is 45.9 Å². The lowest BCUT2D eigenvalue weighted by Gasteiger charge is -2.20. The van der Waals surface area contributed by atoms with Gasteiger partial charge in [-0.15, -0.1) is 5.10 Å². The van der Waals surface area contributed by atoms with Crippen molar-refractivity contribution in [3.63, 3.8) is 0 Å². The highest BCUT2D eigenvalue weighted by molar-refractivity contribution is 6.36. The molecule has 2 heterocycles. The number of aromatic nitrogens is 3. The van der Waals surface area contributed by atoms with Crippen LogP contribution in [0.1, 0.15) is 41.0 Å². The van der Waals surface area contributed by atoms with Gasteiger partial charge in [-0.3, -0.25) is 14.4 Å². The number of hydrogen-bond donors (Lipinski definition) is 2. The Hall–Kier alpha value is -3.63. The fourth-order valence-electron chi connectivity index (χ4n) is 4.13. The van der Waals surface area contributed by atoms with Crippen LogP contribution in [0.15, 0.2) is 42.7 Å². The van der Waals surface area contributed by atoms with Crippen LogP contribution in [0.4, 0.5) is 5.69 Å². The molecule has 1 fully saturated rings. The van der Waals surface area contributed by atoms with Crippen molar-refractivity contribution in [1.29, 1.82) is 0 Å². The minimum absolute atomic E-state index is 0.0249. The SMILES string of the molecule is CN1C(=O)C(NC(=O)c2ncn(Cc3c(Cl)cccc3Cl)n2)COc2ccc(CCC(=O)NC3CC3)cc21. The zero-order chi connectivity index (χ0) is 26.8. The Bertz CT molecular complexity index is 1370. The molecule has 5 rings (SSSR count). The van der Waals surface area contributed by atoms with Crippen molar-refractivity contribution in [2.45, 2.75) is 44.3 Å². The number of halogens is 2. The monoisotopic (exact) mass is 556 g/mol. The number of rotatable bonds is 8. The summed E-state index contributed by atoms with van der Waals surface area (Å²) >= 11 is 12.4. The van der Waals surface area contributed by atoms with Gasteiger partial charge in [0.1, 0.15) is 24.7 Å². The smallest absolute Gasteiger partial charge is 0.291 e. The quantitative estimate of drug-likeness (QED) is 0.440. The molecule has 2 aromatic carbocycles. The molecule has 0 saturated heterocycles.